The minimum Gasteiger partial charge on any atom is -0.385 e. The molecular weight excluding hydrogens is 314 g/mol. The van der Waals surface area contributed by atoms with Crippen molar-refractivity contribution >= 4 is 31.5 Å². The second-order valence-electron chi connectivity index (χ2n) is 4.17. The summed E-state index contributed by atoms with van der Waals surface area (Å²) in [4.78, 5) is 0. The van der Waals surface area contributed by atoms with Crippen molar-refractivity contribution in [3.05, 3.63) is 28.2 Å². The number of hydrogen-bond donors (Lipinski definition) is 1. The minimum absolute atomic E-state index is 0.228. The third-order valence-corrected chi connectivity index (χ3v) is 5.12. The first-order valence-corrected chi connectivity index (χ1v) is 8.82. The van der Waals surface area contributed by atoms with E-state index < -0.39 is 9.84 Å². The van der Waals surface area contributed by atoms with Crippen molar-refractivity contribution in [2.24, 2.45) is 0 Å². The second-order valence-corrected chi connectivity index (χ2v) is 7.56. The van der Waals surface area contributed by atoms with E-state index in [9.17, 15) is 8.42 Å². The first-order valence-electron chi connectivity index (χ1n) is 6.21. The molecule has 1 rings (SSSR count). The smallest absolute Gasteiger partial charge is 0.150 e. The number of halogens is 1. The molecule has 0 saturated carbocycles. The minimum atomic E-state index is -2.84. The van der Waals surface area contributed by atoms with E-state index in [1.54, 1.807) is 6.92 Å². The Hall–Kier alpha value is -0.550. The predicted octanol–water partition coefficient (Wildman–Crippen LogP) is 3.25. The van der Waals surface area contributed by atoms with Crippen LogP contribution in [0.4, 0.5) is 5.69 Å². The first kappa shape index (κ1) is 15.5. The third-order valence-electron chi connectivity index (χ3n) is 2.84. The normalized spacial score (nSPS) is 11.5. The highest BCUT2D eigenvalue weighted by Crippen LogP contribution is 2.21. The Labute approximate surface area is 118 Å². The number of sulfone groups is 1. The van der Waals surface area contributed by atoms with Crippen LogP contribution in [-0.2, 0) is 16.3 Å². The molecule has 0 saturated heterocycles. The lowest BCUT2D eigenvalue weighted by molar-refractivity contribution is 0.595. The van der Waals surface area contributed by atoms with E-state index in [4.69, 9.17) is 0 Å². The molecule has 0 spiro atoms. The Morgan fingerprint density at radius 1 is 1.28 bits per heavy atom. The molecule has 1 N–H and O–H groups in total. The fraction of sp³-hybridized carbons (Fsp3) is 0.538. The van der Waals surface area contributed by atoms with Gasteiger partial charge in [-0.2, -0.15) is 0 Å². The molecule has 0 radical (unpaired) electrons. The van der Waals surface area contributed by atoms with Gasteiger partial charge in [-0.1, -0.05) is 29.8 Å². The van der Waals surface area contributed by atoms with Gasteiger partial charge in [-0.25, -0.2) is 8.42 Å². The molecule has 0 unspecified atom stereocenters. The van der Waals surface area contributed by atoms with Crippen LogP contribution in [0.5, 0.6) is 0 Å². The average Bonchev–Trinajstić information content (AvgIpc) is 2.36. The van der Waals surface area contributed by atoms with Gasteiger partial charge in [0.25, 0.3) is 0 Å². The van der Waals surface area contributed by atoms with E-state index in [1.807, 2.05) is 12.1 Å². The molecule has 0 bridgehead atoms. The Kier molecular flexibility index (Phi) is 6.15. The molecule has 1 aromatic rings. The molecule has 0 atom stereocenters. The summed E-state index contributed by atoms with van der Waals surface area (Å²) in [6.45, 7) is 4.48. The summed E-state index contributed by atoms with van der Waals surface area (Å²) in [6.07, 6.45) is 1.60. The fourth-order valence-corrected chi connectivity index (χ4v) is 2.97. The van der Waals surface area contributed by atoms with Crippen molar-refractivity contribution in [1.29, 1.82) is 0 Å². The number of rotatable bonds is 7. The highest BCUT2D eigenvalue weighted by molar-refractivity contribution is 9.10. The van der Waals surface area contributed by atoms with Crippen molar-refractivity contribution in [1.82, 2.24) is 0 Å². The van der Waals surface area contributed by atoms with Gasteiger partial charge in [0, 0.05) is 22.5 Å². The van der Waals surface area contributed by atoms with Crippen molar-refractivity contribution < 1.29 is 8.42 Å². The maximum absolute atomic E-state index is 11.3. The van der Waals surface area contributed by atoms with Crippen LogP contribution < -0.4 is 5.32 Å². The Morgan fingerprint density at radius 3 is 2.61 bits per heavy atom. The van der Waals surface area contributed by atoms with E-state index in [-0.39, 0.29) is 11.5 Å². The number of hydrogen-bond acceptors (Lipinski definition) is 3. The van der Waals surface area contributed by atoms with Crippen molar-refractivity contribution in [2.75, 3.05) is 23.4 Å². The van der Waals surface area contributed by atoms with Crippen LogP contribution in [0.1, 0.15) is 25.8 Å². The summed E-state index contributed by atoms with van der Waals surface area (Å²) in [5, 5.41) is 3.30. The molecular formula is C13H20BrNO2S. The summed E-state index contributed by atoms with van der Waals surface area (Å²) >= 11 is 3.45. The lowest BCUT2D eigenvalue weighted by atomic mass is 10.1. The molecule has 0 aliphatic heterocycles. The fourth-order valence-electron chi connectivity index (χ4n) is 1.69. The lowest BCUT2D eigenvalue weighted by Gasteiger charge is -2.11. The zero-order valence-electron chi connectivity index (χ0n) is 10.9. The summed E-state index contributed by atoms with van der Waals surface area (Å²) in [5.74, 6) is 0.486. The molecule has 0 aromatic heterocycles. The summed E-state index contributed by atoms with van der Waals surface area (Å²) in [7, 11) is -2.84. The van der Waals surface area contributed by atoms with Crippen LogP contribution in [0.15, 0.2) is 22.7 Å². The van der Waals surface area contributed by atoms with E-state index in [0.717, 1.165) is 16.6 Å². The summed E-state index contributed by atoms with van der Waals surface area (Å²) in [6, 6.07) is 6.10. The standard InChI is InChI=1S/C13H20BrNO2S/c1-3-11-10-12(14)6-7-13(11)15-8-5-9-18(16,17)4-2/h6-7,10,15H,3-5,8-9H2,1-2H3. The zero-order chi connectivity index (χ0) is 13.6. The lowest BCUT2D eigenvalue weighted by Crippen LogP contribution is -2.13. The largest absolute Gasteiger partial charge is 0.385 e. The van der Waals surface area contributed by atoms with Crippen LogP contribution in [0, 0.1) is 0 Å². The zero-order valence-corrected chi connectivity index (χ0v) is 13.3. The van der Waals surface area contributed by atoms with Gasteiger partial charge in [0.05, 0.1) is 5.75 Å². The van der Waals surface area contributed by atoms with Gasteiger partial charge in [-0.05, 0) is 36.6 Å². The van der Waals surface area contributed by atoms with Gasteiger partial charge in [0.2, 0.25) is 0 Å². The van der Waals surface area contributed by atoms with Gasteiger partial charge >= 0.3 is 0 Å². The highest BCUT2D eigenvalue weighted by atomic mass is 79.9. The molecule has 102 valence electrons. The van der Waals surface area contributed by atoms with Gasteiger partial charge in [0.1, 0.15) is 9.84 Å². The van der Waals surface area contributed by atoms with E-state index in [2.05, 4.69) is 34.2 Å². The third kappa shape index (κ3) is 4.98. The first-order chi connectivity index (χ1) is 8.48. The predicted molar refractivity (Wildman–Crippen MR) is 81.0 cm³/mol. The van der Waals surface area contributed by atoms with Crippen LogP contribution in [-0.4, -0.2) is 26.5 Å². The van der Waals surface area contributed by atoms with E-state index >= 15 is 0 Å². The molecule has 3 nitrogen and oxygen atoms in total. The number of aryl methyl sites for hydroxylation is 1. The molecule has 5 heteroatoms. The quantitative estimate of drug-likeness (QED) is 0.779. The molecule has 1 aromatic carbocycles. The van der Waals surface area contributed by atoms with Crippen molar-refractivity contribution in [3.63, 3.8) is 0 Å². The molecule has 0 aliphatic rings. The average molecular weight is 334 g/mol. The van der Waals surface area contributed by atoms with Crippen LogP contribution in [0.3, 0.4) is 0 Å². The van der Waals surface area contributed by atoms with Gasteiger partial charge in [-0.3, -0.25) is 0 Å². The van der Waals surface area contributed by atoms with Gasteiger partial charge in [-0.15, -0.1) is 0 Å². The van der Waals surface area contributed by atoms with Crippen LogP contribution in [0.2, 0.25) is 0 Å². The SMILES string of the molecule is CCc1cc(Br)ccc1NCCCS(=O)(=O)CC. The molecule has 0 amide bonds. The highest BCUT2D eigenvalue weighted by Gasteiger charge is 2.06. The maximum Gasteiger partial charge on any atom is 0.150 e. The topological polar surface area (TPSA) is 46.2 Å². The molecule has 18 heavy (non-hydrogen) atoms. The molecule has 0 heterocycles. The summed E-state index contributed by atoms with van der Waals surface area (Å²) < 4.78 is 23.8. The number of anilines is 1. The van der Waals surface area contributed by atoms with Crippen LogP contribution >= 0.6 is 15.9 Å². The van der Waals surface area contributed by atoms with E-state index in [0.29, 0.717) is 13.0 Å². The summed E-state index contributed by atoms with van der Waals surface area (Å²) in [5.41, 5.74) is 2.33. The monoisotopic (exact) mass is 333 g/mol. The second kappa shape index (κ2) is 7.14. The maximum atomic E-state index is 11.3. The van der Waals surface area contributed by atoms with Gasteiger partial charge in [0.15, 0.2) is 0 Å². The van der Waals surface area contributed by atoms with Crippen molar-refractivity contribution in [2.45, 2.75) is 26.7 Å². The Morgan fingerprint density at radius 2 is 2.00 bits per heavy atom. The Balaban J connectivity index is 2.49. The van der Waals surface area contributed by atoms with Gasteiger partial charge < -0.3 is 5.32 Å². The molecule has 0 fully saturated rings. The van der Waals surface area contributed by atoms with E-state index in [1.165, 1.54) is 5.56 Å². The number of nitrogens with one attached hydrogen (secondary N) is 1. The molecule has 0 aliphatic carbocycles. The number of benzene rings is 1. The van der Waals surface area contributed by atoms with Crippen molar-refractivity contribution in [3.8, 4) is 0 Å². The Bertz CT molecular complexity index is 486. The van der Waals surface area contributed by atoms with Crippen LogP contribution in [0.25, 0.3) is 0 Å².